The second-order valence-corrected chi connectivity index (χ2v) is 18.6. The Morgan fingerprint density at radius 1 is 0.640 bits per heavy atom. The fourth-order valence-electron chi connectivity index (χ4n) is 5.57. The third kappa shape index (κ3) is 7.43. The molecule has 0 aliphatic heterocycles. The smallest absolute Gasteiger partial charge is 0.267 e. The van der Waals surface area contributed by atoms with Gasteiger partial charge in [0.25, 0.3) is 5.56 Å². The summed E-state index contributed by atoms with van der Waals surface area (Å²) < 4.78 is 21.0. The van der Waals surface area contributed by atoms with Gasteiger partial charge in [-0.3, -0.25) is 9.48 Å². The van der Waals surface area contributed by atoms with E-state index in [4.69, 9.17) is 24.1 Å². The summed E-state index contributed by atoms with van der Waals surface area (Å²) in [4.78, 5) is 13.2. The van der Waals surface area contributed by atoms with Gasteiger partial charge >= 0.3 is 0 Å². The van der Waals surface area contributed by atoms with Crippen molar-refractivity contribution in [3.05, 3.63) is 137 Å². The number of nitrogens with zero attached hydrogens (tertiary/aromatic N) is 4. The molecule has 8 nitrogen and oxygen atoms in total. The molecule has 0 radical (unpaired) electrons. The Bertz CT molecular complexity index is 2130. The van der Waals surface area contributed by atoms with Gasteiger partial charge in [0.1, 0.15) is 22.9 Å². The lowest BCUT2D eigenvalue weighted by Crippen LogP contribution is -2.43. The standard InChI is InChI=1S/C41H44N4O4Si/c1-41(2,3)50(6,7)49-35-15-11-14-32(26-35)39-38(36-24-25-37(46)44(42-36)27-29-16-20-33(47-4)21-17-29)40(31-12-9-8-10-13-31)45(43-39)28-30-18-22-34(48-5)23-19-30/h8-26H,27-28H2,1-7H3. The van der Waals surface area contributed by atoms with Gasteiger partial charge in [0.15, 0.2) is 0 Å². The van der Waals surface area contributed by atoms with Crippen molar-refractivity contribution in [2.45, 2.75) is 52.0 Å². The summed E-state index contributed by atoms with van der Waals surface area (Å²) in [6.45, 7) is 12.0. The van der Waals surface area contributed by atoms with Crippen LogP contribution in [-0.4, -0.2) is 42.1 Å². The second kappa shape index (κ2) is 14.2. The molecule has 0 saturated carbocycles. The lowest BCUT2D eigenvalue weighted by Gasteiger charge is -2.36. The van der Waals surface area contributed by atoms with Crippen molar-refractivity contribution in [1.82, 2.24) is 19.6 Å². The second-order valence-electron chi connectivity index (χ2n) is 13.9. The quantitative estimate of drug-likeness (QED) is 0.127. The monoisotopic (exact) mass is 684 g/mol. The maximum atomic E-state index is 13.2. The number of hydrogen-bond acceptors (Lipinski definition) is 6. The summed E-state index contributed by atoms with van der Waals surface area (Å²) in [6.07, 6.45) is 0. The molecule has 0 saturated heterocycles. The number of aromatic nitrogens is 4. The van der Waals surface area contributed by atoms with E-state index < -0.39 is 8.32 Å². The maximum Gasteiger partial charge on any atom is 0.267 e. The molecular weight excluding hydrogens is 641 g/mol. The molecule has 50 heavy (non-hydrogen) atoms. The van der Waals surface area contributed by atoms with E-state index in [1.807, 2.05) is 71.4 Å². The van der Waals surface area contributed by atoms with Crippen LogP contribution in [-0.2, 0) is 13.1 Å². The largest absolute Gasteiger partial charge is 0.543 e. The van der Waals surface area contributed by atoms with Crippen molar-refractivity contribution in [2.75, 3.05) is 14.2 Å². The van der Waals surface area contributed by atoms with Crippen LogP contribution in [0.2, 0.25) is 18.1 Å². The molecule has 0 amide bonds. The molecule has 0 bridgehead atoms. The van der Waals surface area contributed by atoms with E-state index in [2.05, 4.69) is 70.3 Å². The fourth-order valence-corrected chi connectivity index (χ4v) is 6.59. The highest BCUT2D eigenvalue weighted by Gasteiger charge is 2.39. The Labute approximate surface area is 295 Å². The van der Waals surface area contributed by atoms with Crippen LogP contribution in [0.25, 0.3) is 33.8 Å². The lowest BCUT2D eigenvalue weighted by molar-refractivity contribution is 0.414. The van der Waals surface area contributed by atoms with Crippen LogP contribution in [0.15, 0.2) is 120 Å². The molecule has 0 N–H and O–H groups in total. The topological polar surface area (TPSA) is 80.4 Å². The summed E-state index contributed by atoms with van der Waals surface area (Å²) in [5.74, 6) is 2.35. The van der Waals surface area contributed by atoms with Gasteiger partial charge in [-0.2, -0.15) is 10.2 Å². The van der Waals surface area contributed by atoms with Gasteiger partial charge in [-0.05, 0) is 71.7 Å². The Morgan fingerprint density at radius 2 is 1.22 bits per heavy atom. The Morgan fingerprint density at radius 3 is 1.80 bits per heavy atom. The van der Waals surface area contributed by atoms with Gasteiger partial charge in [-0.1, -0.05) is 87.5 Å². The van der Waals surface area contributed by atoms with E-state index in [-0.39, 0.29) is 10.6 Å². The highest BCUT2D eigenvalue weighted by atomic mass is 28.4. The summed E-state index contributed by atoms with van der Waals surface area (Å²) in [5, 5.41) is 10.3. The zero-order valence-electron chi connectivity index (χ0n) is 29.8. The molecule has 2 aromatic heterocycles. The molecule has 0 atom stereocenters. The van der Waals surface area contributed by atoms with Crippen LogP contribution < -0.4 is 19.5 Å². The minimum atomic E-state index is -2.12. The first kappa shape index (κ1) is 34.4. The first-order valence-electron chi connectivity index (χ1n) is 16.8. The van der Waals surface area contributed by atoms with Crippen LogP contribution in [0.1, 0.15) is 31.9 Å². The first-order chi connectivity index (χ1) is 24.0. The summed E-state index contributed by atoms with van der Waals surface area (Å²) in [7, 11) is 1.19. The van der Waals surface area contributed by atoms with Crippen LogP contribution in [0, 0.1) is 0 Å². The van der Waals surface area contributed by atoms with Crippen molar-refractivity contribution in [1.29, 1.82) is 0 Å². The Hall–Kier alpha value is -5.41. The first-order valence-corrected chi connectivity index (χ1v) is 19.7. The zero-order chi connectivity index (χ0) is 35.5. The molecule has 9 heteroatoms. The van der Waals surface area contributed by atoms with Crippen molar-refractivity contribution >= 4 is 8.32 Å². The van der Waals surface area contributed by atoms with Crippen molar-refractivity contribution in [2.24, 2.45) is 0 Å². The Balaban J connectivity index is 1.55. The number of ether oxygens (including phenoxy) is 2. The van der Waals surface area contributed by atoms with E-state index >= 15 is 0 Å². The average molecular weight is 685 g/mol. The fraction of sp³-hybridized carbons (Fsp3) is 0.244. The third-order valence-electron chi connectivity index (χ3n) is 9.39. The maximum absolute atomic E-state index is 13.2. The molecule has 0 fully saturated rings. The molecule has 0 aliphatic rings. The molecule has 0 aliphatic carbocycles. The van der Waals surface area contributed by atoms with E-state index in [1.54, 1.807) is 26.4 Å². The van der Waals surface area contributed by atoms with Gasteiger partial charge in [-0.25, -0.2) is 4.68 Å². The van der Waals surface area contributed by atoms with E-state index in [1.165, 1.54) is 4.68 Å². The van der Waals surface area contributed by atoms with Crippen LogP contribution in [0.4, 0.5) is 0 Å². The van der Waals surface area contributed by atoms with Crippen molar-refractivity contribution in [3.8, 4) is 51.0 Å². The molecule has 4 aromatic carbocycles. The normalized spacial score (nSPS) is 11.7. The minimum absolute atomic E-state index is 0.0378. The predicted molar refractivity (Wildman–Crippen MR) is 203 cm³/mol. The minimum Gasteiger partial charge on any atom is -0.543 e. The van der Waals surface area contributed by atoms with Gasteiger partial charge in [-0.15, -0.1) is 0 Å². The molecule has 6 rings (SSSR count). The van der Waals surface area contributed by atoms with Crippen LogP contribution in [0.5, 0.6) is 17.2 Å². The average Bonchev–Trinajstić information content (AvgIpc) is 3.48. The van der Waals surface area contributed by atoms with E-state index in [9.17, 15) is 4.79 Å². The highest BCUT2D eigenvalue weighted by molar-refractivity contribution is 6.74. The van der Waals surface area contributed by atoms with Gasteiger partial charge in [0.2, 0.25) is 8.32 Å². The molecule has 256 valence electrons. The van der Waals surface area contributed by atoms with Gasteiger partial charge in [0.05, 0.1) is 44.3 Å². The zero-order valence-corrected chi connectivity index (χ0v) is 30.8. The predicted octanol–water partition coefficient (Wildman–Crippen LogP) is 8.94. The molecular formula is C41H44N4O4Si. The van der Waals surface area contributed by atoms with Gasteiger partial charge in [0, 0.05) is 17.2 Å². The lowest BCUT2D eigenvalue weighted by atomic mass is 9.99. The third-order valence-corrected chi connectivity index (χ3v) is 13.8. The highest BCUT2D eigenvalue weighted by Crippen LogP contribution is 2.42. The van der Waals surface area contributed by atoms with Crippen molar-refractivity contribution in [3.63, 3.8) is 0 Å². The molecule has 6 aromatic rings. The van der Waals surface area contributed by atoms with Crippen LogP contribution >= 0.6 is 0 Å². The number of methoxy groups -OCH3 is 2. The Kier molecular flexibility index (Phi) is 9.79. The number of hydrogen-bond donors (Lipinski definition) is 0. The molecule has 2 heterocycles. The van der Waals surface area contributed by atoms with Crippen molar-refractivity contribution < 1.29 is 13.9 Å². The summed E-state index contributed by atoms with van der Waals surface area (Å²) in [6, 6.07) is 37.5. The molecule has 0 spiro atoms. The SMILES string of the molecule is COc1ccc(Cn2nc(-c3cccc(O[Si](C)(C)C(C)(C)C)c3)c(-c3ccc(=O)n(Cc4ccc(OC)cc4)n3)c2-c2ccccc2)cc1. The number of rotatable bonds is 11. The van der Waals surface area contributed by atoms with Crippen LogP contribution in [0.3, 0.4) is 0 Å². The number of benzene rings is 4. The van der Waals surface area contributed by atoms with E-state index in [0.29, 0.717) is 18.8 Å². The van der Waals surface area contributed by atoms with E-state index in [0.717, 1.165) is 56.5 Å². The molecule has 0 unspecified atom stereocenters. The summed E-state index contributed by atoms with van der Waals surface area (Å²) >= 11 is 0. The summed E-state index contributed by atoms with van der Waals surface area (Å²) in [5.41, 5.74) is 6.82. The van der Waals surface area contributed by atoms with Gasteiger partial charge < -0.3 is 13.9 Å².